The monoisotopic (exact) mass is 373 g/mol. The molecule has 2 atom stereocenters. The van der Waals surface area contributed by atoms with Gasteiger partial charge in [0.25, 0.3) is 0 Å². The van der Waals surface area contributed by atoms with Crippen LogP contribution in [0.2, 0.25) is 0 Å². The number of esters is 1. The number of aromatic nitrogens is 2. The molecule has 9 heteroatoms. The first kappa shape index (κ1) is 21.3. The van der Waals surface area contributed by atoms with E-state index in [0.717, 1.165) is 0 Å². The van der Waals surface area contributed by atoms with Crippen molar-refractivity contribution in [3.05, 3.63) is 11.9 Å². The number of nitrogens with one attached hydrogen (secondary N) is 1. The van der Waals surface area contributed by atoms with E-state index in [4.69, 9.17) is 9.47 Å². The van der Waals surface area contributed by atoms with Crippen LogP contribution in [-0.2, 0) is 20.5 Å². The number of methoxy groups -OCH3 is 3. The standard InChI is InChI=1S/C16H27N3O5S/c1-16(2,3)25(21)19-11(8-7-9-12(20)22-4)13-14(23-5)17-10-18-15(13)24-6/h10-11,19H,7-9H2,1-6H3. The van der Waals surface area contributed by atoms with Gasteiger partial charge in [-0.05, 0) is 33.6 Å². The predicted octanol–water partition coefficient (Wildman–Crippen LogP) is 1.93. The maximum absolute atomic E-state index is 12.6. The molecule has 0 radical (unpaired) electrons. The molecule has 1 aromatic heterocycles. The van der Waals surface area contributed by atoms with Crippen molar-refractivity contribution in [1.29, 1.82) is 0 Å². The predicted molar refractivity (Wildman–Crippen MR) is 94.8 cm³/mol. The van der Waals surface area contributed by atoms with Crippen molar-refractivity contribution < 1.29 is 23.2 Å². The molecule has 0 spiro atoms. The van der Waals surface area contributed by atoms with E-state index < -0.39 is 21.8 Å². The number of nitrogens with zero attached hydrogens (tertiary/aromatic N) is 2. The Kier molecular flexibility index (Phi) is 8.24. The highest BCUT2D eigenvalue weighted by atomic mass is 32.2. The summed E-state index contributed by atoms with van der Waals surface area (Å²) in [6, 6.07) is -0.407. The molecule has 0 fully saturated rings. The Morgan fingerprint density at radius 2 is 1.76 bits per heavy atom. The van der Waals surface area contributed by atoms with Gasteiger partial charge < -0.3 is 14.2 Å². The Morgan fingerprint density at radius 3 is 2.20 bits per heavy atom. The molecule has 0 bridgehead atoms. The van der Waals surface area contributed by atoms with Crippen LogP contribution in [0, 0.1) is 0 Å². The zero-order chi connectivity index (χ0) is 19.0. The summed E-state index contributed by atoms with van der Waals surface area (Å²) < 4.78 is 30.5. The summed E-state index contributed by atoms with van der Waals surface area (Å²) in [4.78, 5) is 19.6. The lowest BCUT2D eigenvalue weighted by Crippen LogP contribution is -2.36. The lowest BCUT2D eigenvalue weighted by Gasteiger charge is -2.25. The Balaban J connectivity index is 3.13. The van der Waals surface area contributed by atoms with Crippen molar-refractivity contribution in [2.75, 3.05) is 21.3 Å². The van der Waals surface area contributed by atoms with E-state index in [-0.39, 0.29) is 12.4 Å². The van der Waals surface area contributed by atoms with E-state index in [1.54, 1.807) is 0 Å². The number of carbonyl (C=O) groups excluding carboxylic acids is 1. The Labute approximate surface area is 151 Å². The van der Waals surface area contributed by atoms with Crippen molar-refractivity contribution in [3.8, 4) is 11.8 Å². The van der Waals surface area contributed by atoms with Gasteiger partial charge in [-0.2, -0.15) is 0 Å². The molecular formula is C16H27N3O5S. The van der Waals surface area contributed by atoms with Crippen molar-refractivity contribution in [1.82, 2.24) is 14.7 Å². The zero-order valence-corrected chi connectivity index (χ0v) is 16.4. The number of carbonyl (C=O) groups is 1. The molecule has 1 rings (SSSR count). The average Bonchev–Trinajstić information content (AvgIpc) is 2.58. The molecule has 2 unspecified atom stereocenters. The third-order valence-corrected chi connectivity index (χ3v) is 5.06. The number of hydrogen-bond donors (Lipinski definition) is 1. The van der Waals surface area contributed by atoms with Crippen LogP contribution >= 0.6 is 0 Å². The molecular weight excluding hydrogens is 346 g/mol. The van der Waals surface area contributed by atoms with Gasteiger partial charge in [-0.3, -0.25) is 4.79 Å². The van der Waals surface area contributed by atoms with Gasteiger partial charge in [-0.15, -0.1) is 0 Å². The van der Waals surface area contributed by atoms with Crippen LogP contribution in [0.4, 0.5) is 0 Å². The maximum atomic E-state index is 12.6. The van der Waals surface area contributed by atoms with Crippen LogP contribution in [0.1, 0.15) is 51.6 Å². The molecule has 0 aliphatic rings. The Hall–Kier alpha value is -1.74. The Morgan fingerprint density at radius 1 is 1.20 bits per heavy atom. The number of ether oxygens (including phenoxy) is 3. The molecule has 25 heavy (non-hydrogen) atoms. The molecule has 1 N–H and O–H groups in total. The molecule has 0 aliphatic carbocycles. The smallest absolute Gasteiger partial charge is 0.305 e. The normalized spacial score (nSPS) is 13.8. The van der Waals surface area contributed by atoms with Gasteiger partial charge in [0.1, 0.15) is 6.33 Å². The molecule has 0 aliphatic heterocycles. The lowest BCUT2D eigenvalue weighted by atomic mass is 10.0. The van der Waals surface area contributed by atoms with E-state index in [1.807, 2.05) is 20.8 Å². The molecule has 0 saturated heterocycles. The fourth-order valence-corrected chi connectivity index (χ4v) is 2.96. The van der Waals surface area contributed by atoms with Gasteiger partial charge in [-0.25, -0.2) is 18.9 Å². The molecule has 8 nitrogen and oxygen atoms in total. The molecule has 0 amide bonds. The summed E-state index contributed by atoms with van der Waals surface area (Å²) in [5.74, 6) is 0.389. The fourth-order valence-electron chi connectivity index (χ4n) is 2.11. The van der Waals surface area contributed by atoms with Crippen LogP contribution in [0.3, 0.4) is 0 Å². The lowest BCUT2D eigenvalue weighted by molar-refractivity contribution is -0.140. The highest BCUT2D eigenvalue weighted by Crippen LogP contribution is 2.34. The fraction of sp³-hybridized carbons (Fsp3) is 0.688. The van der Waals surface area contributed by atoms with Gasteiger partial charge in [0.05, 0.1) is 48.7 Å². The van der Waals surface area contributed by atoms with Gasteiger partial charge in [0.15, 0.2) is 0 Å². The summed E-state index contributed by atoms with van der Waals surface area (Å²) >= 11 is 0. The summed E-state index contributed by atoms with van der Waals surface area (Å²) in [5, 5.41) is 0. The van der Waals surface area contributed by atoms with Crippen molar-refractivity contribution in [2.24, 2.45) is 0 Å². The highest BCUT2D eigenvalue weighted by Gasteiger charge is 2.28. The molecule has 1 aromatic rings. The van der Waals surface area contributed by atoms with Gasteiger partial charge >= 0.3 is 5.97 Å². The van der Waals surface area contributed by atoms with Gasteiger partial charge in [0, 0.05) is 6.42 Å². The minimum atomic E-state index is -1.34. The van der Waals surface area contributed by atoms with Gasteiger partial charge in [0.2, 0.25) is 11.8 Å². The summed E-state index contributed by atoms with van der Waals surface area (Å²) in [7, 11) is 3.01. The van der Waals surface area contributed by atoms with Crippen molar-refractivity contribution >= 4 is 17.0 Å². The SMILES string of the molecule is COC(=O)CCCC(NS(=O)C(C)(C)C)c1c(OC)ncnc1OC. The second kappa shape index (κ2) is 9.67. The zero-order valence-electron chi connectivity index (χ0n) is 15.6. The first-order valence-corrected chi connectivity index (χ1v) is 9.07. The summed E-state index contributed by atoms with van der Waals surface area (Å²) in [6.45, 7) is 5.62. The molecule has 1 heterocycles. The van der Waals surface area contributed by atoms with Crippen molar-refractivity contribution in [3.63, 3.8) is 0 Å². The first-order chi connectivity index (χ1) is 11.7. The van der Waals surface area contributed by atoms with E-state index in [0.29, 0.717) is 30.2 Å². The van der Waals surface area contributed by atoms with E-state index in [1.165, 1.54) is 27.7 Å². The largest absolute Gasteiger partial charge is 0.481 e. The third-order valence-electron chi connectivity index (χ3n) is 3.45. The second-order valence-corrected chi connectivity index (χ2v) is 8.32. The van der Waals surface area contributed by atoms with Crippen LogP contribution in [0.15, 0.2) is 6.33 Å². The quantitative estimate of drug-likeness (QED) is 0.660. The van der Waals surface area contributed by atoms with Crippen LogP contribution in [-0.4, -0.2) is 46.2 Å². The number of rotatable bonds is 9. The average molecular weight is 373 g/mol. The topological polar surface area (TPSA) is 99.6 Å². The minimum Gasteiger partial charge on any atom is -0.481 e. The molecule has 142 valence electrons. The van der Waals surface area contributed by atoms with Crippen molar-refractivity contribution in [2.45, 2.75) is 50.8 Å². The van der Waals surface area contributed by atoms with Crippen LogP contribution in [0.5, 0.6) is 11.8 Å². The molecule has 0 saturated carbocycles. The maximum Gasteiger partial charge on any atom is 0.305 e. The van der Waals surface area contributed by atoms with E-state index >= 15 is 0 Å². The second-order valence-electron chi connectivity index (χ2n) is 6.33. The summed E-state index contributed by atoms with van der Waals surface area (Å²) in [5.41, 5.74) is 0.579. The van der Waals surface area contributed by atoms with Gasteiger partial charge in [-0.1, -0.05) is 0 Å². The minimum absolute atomic E-state index is 0.259. The Bertz CT molecular complexity index is 582. The van der Waals surface area contributed by atoms with Crippen LogP contribution < -0.4 is 14.2 Å². The molecule has 0 aromatic carbocycles. The first-order valence-electron chi connectivity index (χ1n) is 7.92. The third kappa shape index (κ3) is 6.24. The van der Waals surface area contributed by atoms with E-state index in [9.17, 15) is 9.00 Å². The summed E-state index contributed by atoms with van der Waals surface area (Å²) in [6.07, 6.45) is 2.65. The number of hydrogen-bond acceptors (Lipinski definition) is 7. The van der Waals surface area contributed by atoms with Crippen LogP contribution in [0.25, 0.3) is 0 Å². The van der Waals surface area contributed by atoms with E-state index in [2.05, 4.69) is 19.4 Å². The highest BCUT2D eigenvalue weighted by molar-refractivity contribution is 7.84.